The zero-order valence-corrected chi connectivity index (χ0v) is 20.5. The van der Waals surface area contributed by atoms with Gasteiger partial charge in [0, 0.05) is 35.3 Å². The highest BCUT2D eigenvalue weighted by Gasteiger charge is 2.16. The molecule has 174 valence electrons. The highest BCUT2D eigenvalue weighted by atomic mass is 35.5. The molecule has 1 aliphatic rings. The van der Waals surface area contributed by atoms with Crippen molar-refractivity contribution in [3.63, 3.8) is 0 Å². The summed E-state index contributed by atoms with van der Waals surface area (Å²) in [5, 5.41) is 0.662. The summed E-state index contributed by atoms with van der Waals surface area (Å²) in [6, 6.07) is 16.4. The molecule has 1 fully saturated rings. The molecule has 0 unspecified atom stereocenters. The number of likely N-dealkylation sites (tertiary alicyclic amines) is 1. The van der Waals surface area contributed by atoms with Crippen LogP contribution in [0.15, 0.2) is 54.7 Å². The topological polar surface area (TPSA) is 38.1 Å². The van der Waals surface area contributed by atoms with Crippen molar-refractivity contribution in [3.05, 3.63) is 65.3 Å². The molecule has 0 bridgehead atoms. The van der Waals surface area contributed by atoms with Gasteiger partial charge in [0.15, 0.2) is 5.78 Å². The predicted octanol–water partition coefficient (Wildman–Crippen LogP) is 6.51. The zero-order chi connectivity index (χ0) is 23.2. The molecule has 2 heterocycles. The molecule has 4 nitrogen and oxygen atoms in total. The minimum Gasteiger partial charge on any atom is -0.323 e. The Bertz CT molecular complexity index is 1070. The van der Waals surface area contributed by atoms with E-state index in [2.05, 4.69) is 43.0 Å². The minimum absolute atomic E-state index is 0.213. The average Bonchev–Trinajstić information content (AvgIpc) is 3.22. The van der Waals surface area contributed by atoms with E-state index in [0.29, 0.717) is 23.9 Å². The maximum Gasteiger partial charge on any atom is 0.152 e. The van der Waals surface area contributed by atoms with E-state index in [1.54, 1.807) is 0 Å². The molecular formula is C28H34ClN3O. The number of carbonyl (C=O) groups excluding carboxylic acids is 1. The van der Waals surface area contributed by atoms with Crippen molar-refractivity contribution in [1.82, 2.24) is 14.5 Å². The Hall–Kier alpha value is -2.43. The van der Waals surface area contributed by atoms with Crippen LogP contribution in [0.1, 0.15) is 45.1 Å². The maximum atomic E-state index is 12.6. The van der Waals surface area contributed by atoms with Gasteiger partial charge in [-0.25, -0.2) is 4.98 Å². The third-order valence-electron chi connectivity index (χ3n) is 6.26. The van der Waals surface area contributed by atoms with Gasteiger partial charge in [-0.05, 0) is 56.0 Å². The SMILES string of the molecule is CC(C)CC(=O)Cn1cc(-c2ccc(CCN3CCCCC3)cc2)nc1-c1cccc(Cl)c1. The van der Waals surface area contributed by atoms with E-state index < -0.39 is 0 Å². The number of rotatable bonds is 9. The molecule has 2 aromatic carbocycles. The Kier molecular flexibility index (Phi) is 8.00. The van der Waals surface area contributed by atoms with Crippen LogP contribution in [0.25, 0.3) is 22.6 Å². The molecule has 0 atom stereocenters. The Morgan fingerprint density at radius 3 is 2.48 bits per heavy atom. The molecule has 3 aromatic rings. The number of ketones is 1. The second kappa shape index (κ2) is 11.1. The third kappa shape index (κ3) is 6.55. The van der Waals surface area contributed by atoms with Crippen molar-refractivity contribution in [2.45, 2.75) is 52.5 Å². The molecule has 33 heavy (non-hydrogen) atoms. The van der Waals surface area contributed by atoms with E-state index in [1.165, 1.54) is 37.9 Å². The van der Waals surface area contributed by atoms with Crippen LogP contribution in [0.4, 0.5) is 0 Å². The molecule has 5 heteroatoms. The number of Topliss-reactive ketones (excluding diaryl/α,β-unsaturated/α-hetero) is 1. The summed E-state index contributed by atoms with van der Waals surface area (Å²) < 4.78 is 1.97. The summed E-state index contributed by atoms with van der Waals surface area (Å²) in [5.41, 5.74) is 4.22. The number of piperidine rings is 1. The van der Waals surface area contributed by atoms with E-state index in [9.17, 15) is 4.79 Å². The van der Waals surface area contributed by atoms with Crippen LogP contribution in [-0.2, 0) is 17.8 Å². The maximum absolute atomic E-state index is 12.6. The lowest BCUT2D eigenvalue weighted by Crippen LogP contribution is -2.31. The van der Waals surface area contributed by atoms with E-state index >= 15 is 0 Å². The number of benzene rings is 2. The molecule has 0 amide bonds. The Labute approximate surface area is 202 Å². The smallest absolute Gasteiger partial charge is 0.152 e. The normalized spacial score (nSPS) is 14.7. The van der Waals surface area contributed by atoms with Gasteiger partial charge in [-0.2, -0.15) is 0 Å². The van der Waals surface area contributed by atoms with Gasteiger partial charge in [-0.15, -0.1) is 0 Å². The fourth-order valence-corrected chi connectivity index (χ4v) is 4.75. The van der Waals surface area contributed by atoms with Crippen LogP contribution in [0.5, 0.6) is 0 Å². The number of hydrogen-bond acceptors (Lipinski definition) is 3. The monoisotopic (exact) mass is 463 g/mol. The first kappa shape index (κ1) is 23.7. The van der Waals surface area contributed by atoms with Gasteiger partial charge < -0.3 is 9.47 Å². The van der Waals surface area contributed by atoms with Crippen LogP contribution in [-0.4, -0.2) is 39.9 Å². The zero-order valence-electron chi connectivity index (χ0n) is 19.8. The summed E-state index contributed by atoms with van der Waals surface area (Å²) >= 11 is 6.24. The lowest BCUT2D eigenvalue weighted by Gasteiger charge is -2.26. The van der Waals surface area contributed by atoms with Gasteiger partial charge in [-0.3, -0.25) is 4.79 Å². The van der Waals surface area contributed by atoms with Crippen LogP contribution >= 0.6 is 11.6 Å². The van der Waals surface area contributed by atoms with Crippen LogP contribution in [0, 0.1) is 5.92 Å². The second-order valence-corrected chi connectivity index (χ2v) is 10.0. The van der Waals surface area contributed by atoms with Crippen molar-refractivity contribution in [2.75, 3.05) is 19.6 Å². The van der Waals surface area contributed by atoms with E-state index in [4.69, 9.17) is 16.6 Å². The van der Waals surface area contributed by atoms with E-state index in [1.807, 2.05) is 35.0 Å². The molecular weight excluding hydrogens is 430 g/mol. The number of nitrogens with zero attached hydrogens (tertiary/aromatic N) is 3. The summed E-state index contributed by atoms with van der Waals surface area (Å²) in [6.45, 7) is 8.06. The standard InChI is InChI=1S/C28H34ClN3O/c1-21(2)17-26(33)19-32-20-27(30-28(32)24-7-6-8-25(29)18-24)23-11-9-22(10-12-23)13-16-31-14-4-3-5-15-31/h6-12,18,20-21H,3-5,13-17,19H2,1-2H3. The van der Waals surface area contributed by atoms with Crippen LogP contribution in [0.2, 0.25) is 5.02 Å². The van der Waals surface area contributed by atoms with Crippen molar-refractivity contribution >= 4 is 17.4 Å². The summed E-state index contributed by atoms with van der Waals surface area (Å²) in [5.74, 6) is 1.33. The number of aromatic nitrogens is 2. The predicted molar refractivity (Wildman–Crippen MR) is 137 cm³/mol. The van der Waals surface area contributed by atoms with Gasteiger partial charge in [0.05, 0.1) is 12.2 Å². The summed E-state index contributed by atoms with van der Waals surface area (Å²) in [7, 11) is 0. The molecule has 1 aromatic heterocycles. The Morgan fingerprint density at radius 1 is 1.03 bits per heavy atom. The lowest BCUT2D eigenvalue weighted by molar-refractivity contribution is -0.120. The van der Waals surface area contributed by atoms with Crippen molar-refractivity contribution < 1.29 is 4.79 Å². The quantitative estimate of drug-likeness (QED) is 0.362. The van der Waals surface area contributed by atoms with Gasteiger partial charge in [0.25, 0.3) is 0 Å². The fraction of sp³-hybridized carbons (Fsp3) is 0.429. The average molecular weight is 464 g/mol. The molecule has 4 rings (SSSR count). The summed E-state index contributed by atoms with van der Waals surface area (Å²) in [6.07, 6.45) is 7.67. The first-order chi connectivity index (χ1) is 16.0. The van der Waals surface area contributed by atoms with E-state index in [-0.39, 0.29) is 5.78 Å². The minimum atomic E-state index is 0.213. The fourth-order valence-electron chi connectivity index (χ4n) is 4.56. The number of carbonyl (C=O) groups is 1. The summed E-state index contributed by atoms with van der Waals surface area (Å²) in [4.78, 5) is 20.1. The largest absolute Gasteiger partial charge is 0.323 e. The molecule has 0 N–H and O–H groups in total. The lowest BCUT2D eigenvalue weighted by atomic mass is 10.1. The van der Waals surface area contributed by atoms with Crippen molar-refractivity contribution in [3.8, 4) is 22.6 Å². The van der Waals surface area contributed by atoms with Crippen LogP contribution in [0.3, 0.4) is 0 Å². The molecule has 1 saturated heterocycles. The van der Waals surface area contributed by atoms with E-state index in [0.717, 1.165) is 35.6 Å². The molecule has 0 spiro atoms. The second-order valence-electron chi connectivity index (χ2n) is 9.57. The van der Waals surface area contributed by atoms with Gasteiger partial charge in [0.2, 0.25) is 0 Å². The van der Waals surface area contributed by atoms with Gasteiger partial charge >= 0.3 is 0 Å². The van der Waals surface area contributed by atoms with Gasteiger partial charge in [-0.1, -0.05) is 68.3 Å². The molecule has 0 radical (unpaired) electrons. The first-order valence-electron chi connectivity index (χ1n) is 12.1. The highest BCUT2D eigenvalue weighted by molar-refractivity contribution is 6.30. The molecule has 0 saturated carbocycles. The Morgan fingerprint density at radius 2 is 1.79 bits per heavy atom. The van der Waals surface area contributed by atoms with Crippen molar-refractivity contribution in [1.29, 1.82) is 0 Å². The molecule has 0 aliphatic carbocycles. The molecule has 1 aliphatic heterocycles. The van der Waals surface area contributed by atoms with Crippen LogP contribution < -0.4 is 0 Å². The van der Waals surface area contributed by atoms with Crippen molar-refractivity contribution in [2.24, 2.45) is 5.92 Å². The number of hydrogen-bond donors (Lipinski definition) is 0. The first-order valence-corrected chi connectivity index (χ1v) is 12.5. The van der Waals surface area contributed by atoms with Gasteiger partial charge in [0.1, 0.15) is 5.82 Å². The Balaban J connectivity index is 1.54. The number of imidazole rings is 1. The third-order valence-corrected chi connectivity index (χ3v) is 6.49. The highest BCUT2D eigenvalue weighted by Crippen LogP contribution is 2.27. The number of halogens is 1.